The Balaban J connectivity index is 0.000000406. The SMILES string of the molecule is O=C(O)C(F)(F)F.O=S1(=O)[C@@H]2CCN(Cc3cccnc3)CC[C@@H]2CN1Cc1ccc(Cl)cc1. The fraction of sp³-hybridized carbons (Fsp3) is 0.455. The van der Waals surface area contributed by atoms with E-state index in [1.165, 1.54) is 5.56 Å². The van der Waals surface area contributed by atoms with E-state index in [1.807, 2.05) is 36.5 Å². The van der Waals surface area contributed by atoms with Crippen LogP contribution in [0, 0.1) is 5.92 Å². The molecule has 0 spiro atoms. The number of halogens is 4. The van der Waals surface area contributed by atoms with Crippen LogP contribution in [0.1, 0.15) is 24.0 Å². The van der Waals surface area contributed by atoms with Crippen molar-refractivity contribution in [2.45, 2.75) is 37.4 Å². The molecule has 2 aliphatic rings. The summed E-state index contributed by atoms with van der Waals surface area (Å²) in [6.45, 7) is 3.63. The van der Waals surface area contributed by atoms with Gasteiger partial charge in [-0.2, -0.15) is 17.5 Å². The number of aliphatic carboxylic acids is 1. The molecule has 2 saturated heterocycles. The van der Waals surface area contributed by atoms with Crippen molar-refractivity contribution in [1.29, 1.82) is 0 Å². The number of alkyl halides is 3. The van der Waals surface area contributed by atoms with Gasteiger partial charge in [-0.05, 0) is 61.2 Å². The average molecular weight is 520 g/mol. The molecule has 0 aliphatic carbocycles. The topological polar surface area (TPSA) is 90.8 Å². The van der Waals surface area contributed by atoms with Crippen LogP contribution in [0.3, 0.4) is 0 Å². The molecule has 0 bridgehead atoms. The summed E-state index contributed by atoms with van der Waals surface area (Å²) in [4.78, 5) is 15.4. The minimum Gasteiger partial charge on any atom is -0.475 e. The van der Waals surface area contributed by atoms with Crippen molar-refractivity contribution in [2.24, 2.45) is 5.92 Å². The lowest BCUT2D eigenvalue weighted by Gasteiger charge is -2.21. The third-order valence-corrected chi connectivity index (χ3v) is 8.53. The second-order valence-electron chi connectivity index (χ2n) is 8.28. The predicted molar refractivity (Wildman–Crippen MR) is 120 cm³/mol. The van der Waals surface area contributed by atoms with Crippen LogP contribution < -0.4 is 0 Å². The number of carboxylic acids is 1. The van der Waals surface area contributed by atoms with Gasteiger partial charge in [-0.25, -0.2) is 13.2 Å². The van der Waals surface area contributed by atoms with Gasteiger partial charge in [-0.3, -0.25) is 9.88 Å². The Morgan fingerprint density at radius 1 is 1.09 bits per heavy atom. The molecule has 34 heavy (non-hydrogen) atoms. The number of carbonyl (C=O) groups is 1. The van der Waals surface area contributed by atoms with Crippen LogP contribution in [0.2, 0.25) is 5.02 Å². The first-order valence-corrected chi connectivity index (χ1v) is 12.5. The zero-order chi connectivity index (χ0) is 24.9. The van der Waals surface area contributed by atoms with E-state index in [9.17, 15) is 21.6 Å². The number of aromatic nitrogens is 1. The largest absolute Gasteiger partial charge is 0.490 e. The number of pyridine rings is 1. The first-order chi connectivity index (χ1) is 16.0. The molecule has 1 N–H and O–H groups in total. The normalized spacial score (nSPS) is 22.8. The molecule has 3 heterocycles. The Morgan fingerprint density at radius 2 is 1.74 bits per heavy atom. The lowest BCUT2D eigenvalue weighted by atomic mass is 10.0. The highest BCUT2D eigenvalue weighted by molar-refractivity contribution is 7.90. The fourth-order valence-corrected chi connectivity index (χ4v) is 6.55. The number of benzene rings is 1. The summed E-state index contributed by atoms with van der Waals surface area (Å²) >= 11 is 5.93. The standard InChI is InChI=1S/C20H24ClN3O2S.C2HF3O2/c21-19-5-3-16(4-6-19)14-24-15-18-7-10-23(11-8-20(18)27(24,25)26)13-17-2-1-9-22-12-17;3-2(4,5)1(6)7/h1-6,9,12,18,20H,7-8,10-11,13-15H2;(H,6,7)/t18-,20-;/m1./s1. The number of likely N-dealkylation sites (tertiary alicyclic amines) is 1. The number of sulfonamides is 1. The number of fused-ring (bicyclic) bond motifs is 1. The number of nitrogens with zero attached hydrogens (tertiary/aromatic N) is 3. The van der Waals surface area contributed by atoms with Crippen LogP contribution in [0.4, 0.5) is 13.2 Å². The quantitative estimate of drug-likeness (QED) is 0.661. The molecule has 2 aliphatic heterocycles. The molecule has 0 unspecified atom stereocenters. The Kier molecular flexibility index (Phi) is 8.56. The maximum Gasteiger partial charge on any atom is 0.490 e. The van der Waals surface area contributed by atoms with Crippen LogP contribution in [-0.4, -0.2) is 64.7 Å². The molecule has 0 amide bonds. The van der Waals surface area contributed by atoms with Gasteiger partial charge >= 0.3 is 12.1 Å². The predicted octanol–water partition coefficient (Wildman–Crippen LogP) is 3.79. The lowest BCUT2D eigenvalue weighted by molar-refractivity contribution is -0.192. The van der Waals surface area contributed by atoms with Crippen molar-refractivity contribution < 1.29 is 31.5 Å². The summed E-state index contributed by atoms with van der Waals surface area (Å²) in [5, 5.41) is 7.53. The summed E-state index contributed by atoms with van der Waals surface area (Å²) in [6.07, 6.45) is 0.195. The zero-order valence-corrected chi connectivity index (χ0v) is 19.7. The highest BCUT2D eigenvalue weighted by Gasteiger charge is 2.46. The van der Waals surface area contributed by atoms with Crippen LogP contribution in [0.15, 0.2) is 48.8 Å². The van der Waals surface area contributed by atoms with E-state index >= 15 is 0 Å². The molecule has 1 aromatic heterocycles. The fourth-order valence-electron chi connectivity index (χ4n) is 4.21. The Labute approximate surface area is 201 Å². The van der Waals surface area contributed by atoms with Gasteiger partial charge in [0.15, 0.2) is 0 Å². The van der Waals surface area contributed by atoms with Crippen molar-refractivity contribution >= 4 is 27.6 Å². The smallest absolute Gasteiger partial charge is 0.475 e. The molecule has 186 valence electrons. The highest BCUT2D eigenvalue weighted by atomic mass is 35.5. The maximum absolute atomic E-state index is 13.1. The summed E-state index contributed by atoms with van der Waals surface area (Å²) in [5.74, 6) is -2.55. The van der Waals surface area contributed by atoms with Crippen molar-refractivity contribution in [3.05, 3.63) is 64.9 Å². The van der Waals surface area contributed by atoms with E-state index in [0.717, 1.165) is 31.6 Å². The molecule has 1 aromatic carbocycles. The molecule has 7 nitrogen and oxygen atoms in total. The van der Waals surface area contributed by atoms with Crippen LogP contribution >= 0.6 is 11.6 Å². The van der Waals surface area contributed by atoms with E-state index in [1.54, 1.807) is 10.5 Å². The molecular weight excluding hydrogens is 495 g/mol. The number of hydrogen-bond donors (Lipinski definition) is 1. The molecular formula is C22H25ClF3N3O4S. The van der Waals surface area contributed by atoms with Crippen molar-refractivity contribution in [2.75, 3.05) is 19.6 Å². The molecule has 4 rings (SSSR count). The first kappa shape index (κ1) is 26.4. The van der Waals surface area contributed by atoms with Crippen LogP contribution in [-0.2, 0) is 27.9 Å². The average Bonchev–Trinajstić information content (AvgIpc) is 2.89. The zero-order valence-electron chi connectivity index (χ0n) is 18.2. The number of hydrogen-bond acceptors (Lipinski definition) is 5. The summed E-state index contributed by atoms with van der Waals surface area (Å²) in [6, 6.07) is 11.5. The van der Waals surface area contributed by atoms with Crippen LogP contribution in [0.25, 0.3) is 0 Å². The molecule has 2 aromatic rings. The van der Waals surface area contributed by atoms with Gasteiger partial charge in [0.2, 0.25) is 10.0 Å². The third kappa shape index (κ3) is 6.91. The van der Waals surface area contributed by atoms with Gasteiger partial charge in [-0.15, -0.1) is 0 Å². The maximum atomic E-state index is 13.1. The van der Waals surface area contributed by atoms with Crippen molar-refractivity contribution in [1.82, 2.24) is 14.2 Å². The van der Waals surface area contributed by atoms with E-state index in [0.29, 0.717) is 24.5 Å². The molecule has 0 radical (unpaired) electrons. The van der Waals surface area contributed by atoms with Gasteiger partial charge in [-0.1, -0.05) is 29.8 Å². The van der Waals surface area contributed by atoms with Gasteiger partial charge in [0.05, 0.1) is 5.25 Å². The number of rotatable bonds is 4. The summed E-state index contributed by atoms with van der Waals surface area (Å²) < 4.78 is 59.6. The second-order valence-corrected chi connectivity index (χ2v) is 10.9. The minimum absolute atomic E-state index is 0.209. The molecule has 0 saturated carbocycles. The Hall–Kier alpha value is -2.21. The third-order valence-electron chi connectivity index (χ3n) is 5.90. The Morgan fingerprint density at radius 3 is 2.32 bits per heavy atom. The molecule has 2 fully saturated rings. The molecule has 2 atom stereocenters. The molecule has 12 heteroatoms. The monoisotopic (exact) mass is 519 g/mol. The van der Waals surface area contributed by atoms with E-state index in [2.05, 4.69) is 16.0 Å². The minimum atomic E-state index is -5.08. The van der Waals surface area contributed by atoms with Crippen LogP contribution in [0.5, 0.6) is 0 Å². The second kappa shape index (κ2) is 11.0. The van der Waals surface area contributed by atoms with Crippen molar-refractivity contribution in [3.63, 3.8) is 0 Å². The van der Waals surface area contributed by atoms with Crippen molar-refractivity contribution in [3.8, 4) is 0 Å². The van der Waals surface area contributed by atoms with E-state index in [-0.39, 0.29) is 11.2 Å². The first-order valence-electron chi connectivity index (χ1n) is 10.6. The van der Waals surface area contributed by atoms with E-state index < -0.39 is 22.2 Å². The van der Waals surface area contributed by atoms with Gasteiger partial charge in [0, 0.05) is 37.1 Å². The number of carboxylic acid groups (broad SMARTS) is 1. The lowest BCUT2D eigenvalue weighted by Crippen LogP contribution is -2.31. The summed E-state index contributed by atoms with van der Waals surface area (Å²) in [5.41, 5.74) is 2.16. The van der Waals surface area contributed by atoms with Gasteiger partial charge in [0.1, 0.15) is 0 Å². The summed E-state index contributed by atoms with van der Waals surface area (Å²) in [7, 11) is -3.25. The van der Waals surface area contributed by atoms with E-state index in [4.69, 9.17) is 21.5 Å². The van der Waals surface area contributed by atoms with Gasteiger partial charge < -0.3 is 5.11 Å². The Bertz CT molecular complexity index is 1070. The van der Waals surface area contributed by atoms with Gasteiger partial charge in [0.25, 0.3) is 0 Å². The highest BCUT2D eigenvalue weighted by Crippen LogP contribution is 2.35.